The maximum atomic E-state index is 6.15. The molecule has 0 saturated carbocycles. The molecule has 1 aromatic heterocycles. The molecule has 0 amide bonds. The van der Waals surface area contributed by atoms with Crippen molar-refractivity contribution >= 4 is 5.82 Å². The first-order valence-corrected chi connectivity index (χ1v) is 5.96. The third kappa shape index (κ3) is 2.33. The fourth-order valence-corrected chi connectivity index (χ4v) is 2.19. The second-order valence-electron chi connectivity index (χ2n) is 4.62. The molecule has 2 aromatic rings. The van der Waals surface area contributed by atoms with Crippen LogP contribution in [-0.2, 0) is 6.42 Å². The third-order valence-corrected chi connectivity index (χ3v) is 2.93. The zero-order valence-corrected chi connectivity index (χ0v) is 10.6. The molecule has 0 aliphatic heterocycles. The van der Waals surface area contributed by atoms with Gasteiger partial charge in [0.05, 0.1) is 5.69 Å². The van der Waals surface area contributed by atoms with Gasteiger partial charge in [-0.05, 0) is 26.3 Å². The summed E-state index contributed by atoms with van der Waals surface area (Å²) >= 11 is 0. The van der Waals surface area contributed by atoms with Gasteiger partial charge in [0.2, 0.25) is 0 Å². The number of hydrogen-bond acceptors (Lipinski definition) is 2. The second kappa shape index (κ2) is 4.62. The van der Waals surface area contributed by atoms with Crippen LogP contribution in [-0.4, -0.2) is 9.55 Å². The van der Waals surface area contributed by atoms with Crippen molar-refractivity contribution in [3.8, 4) is 0 Å². The van der Waals surface area contributed by atoms with Crippen LogP contribution in [0.1, 0.15) is 37.0 Å². The summed E-state index contributed by atoms with van der Waals surface area (Å²) in [4.78, 5) is 4.56. The van der Waals surface area contributed by atoms with Crippen LogP contribution >= 0.6 is 0 Å². The summed E-state index contributed by atoms with van der Waals surface area (Å²) in [6.45, 7) is 6.25. The molecule has 0 bridgehead atoms. The van der Waals surface area contributed by atoms with Gasteiger partial charge in [0.25, 0.3) is 0 Å². The molecule has 2 rings (SSSR count). The highest BCUT2D eigenvalue weighted by Crippen LogP contribution is 2.21. The highest BCUT2D eigenvalue weighted by molar-refractivity contribution is 5.41. The van der Waals surface area contributed by atoms with Gasteiger partial charge in [-0.1, -0.05) is 30.3 Å². The van der Waals surface area contributed by atoms with Crippen LogP contribution in [0.25, 0.3) is 0 Å². The van der Waals surface area contributed by atoms with Gasteiger partial charge in [-0.2, -0.15) is 0 Å². The summed E-state index contributed by atoms with van der Waals surface area (Å²) < 4.78 is 2.08. The molecule has 0 radical (unpaired) electrons. The van der Waals surface area contributed by atoms with Crippen LogP contribution in [0, 0.1) is 6.92 Å². The van der Waals surface area contributed by atoms with Gasteiger partial charge in [0.1, 0.15) is 11.6 Å². The molecule has 0 fully saturated rings. The molecule has 0 atom stereocenters. The molecular weight excluding hydrogens is 210 g/mol. The van der Waals surface area contributed by atoms with Crippen molar-refractivity contribution in [2.75, 3.05) is 5.73 Å². The van der Waals surface area contributed by atoms with Gasteiger partial charge in [-0.25, -0.2) is 4.98 Å². The number of benzene rings is 1. The van der Waals surface area contributed by atoms with Crippen LogP contribution in [0.15, 0.2) is 30.3 Å². The van der Waals surface area contributed by atoms with Gasteiger partial charge >= 0.3 is 0 Å². The van der Waals surface area contributed by atoms with Crippen LogP contribution < -0.4 is 5.73 Å². The van der Waals surface area contributed by atoms with E-state index in [9.17, 15) is 0 Å². The molecular formula is C14H19N3. The SMILES string of the molecule is Cc1nc(Cc2ccccc2)c(N)n1C(C)C. The predicted molar refractivity (Wildman–Crippen MR) is 71.0 cm³/mol. The molecule has 17 heavy (non-hydrogen) atoms. The fraction of sp³-hybridized carbons (Fsp3) is 0.357. The Hall–Kier alpha value is -1.77. The Kier molecular flexibility index (Phi) is 3.18. The molecule has 0 aliphatic carbocycles. The molecule has 3 nitrogen and oxygen atoms in total. The van der Waals surface area contributed by atoms with Gasteiger partial charge in [0, 0.05) is 12.5 Å². The van der Waals surface area contributed by atoms with E-state index in [0.717, 1.165) is 23.8 Å². The number of nitrogens with zero attached hydrogens (tertiary/aromatic N) is 2. The van der Waals surface area contributed by atoms with Crippen LogP contribution in [0.5, 0.6) is 0 Å². The summed E-state index contributed by atoms with van der Waals surface area (Å²) in [5, 5.41) is 0. The monoisotopic (exact) mass is 229 g/mol. The summed E-state index contributed by atoms with van der Waals surface area (Å²) in [5.74, 6) is 1.78. The Morgan fingerprint density at radius 2 is 1.88 bits per heavy atom. The average molecular weight is 229 g/mol. The topological polar surface area (TPSA) is 43.8 Å². The zero-order valence-electron chi connectivity index (χ0n) is 10.6. The lowest BCUT2D eigenvalue weighted by molar-refractivity contribution is 0.590. The molecule has 3 heteroatoms. The third-order valence-electron chi connectivity index (χ3n) is 2.93. The Balaban J connectivity index is 2.32. The zero-order chi connectivity index (χ0) is 12.4. The Morgan fingerprint density at radius 1 is 1.24 bits per heavy atom. The van der Waals surface area contributed by atoms with Crippen LogP contribution in [0.3, 0.4) is 0 Å². The fourth-order valence-electron chi connectivity index (χ4n) is 2.19. The van der Waals surface area contributed by atoms with E-state index in [2.05, 4.69) is 35.5 Å². The largest absolute Gasteiger partial charge is 0.384 e. The standard InChI is InChI=1S/C14H19N3/c1-10(2)17-11(3)16-13(14(17)15)9-12-7-5-4-6-8-12/h4-8,10H,9,15H2,1-3H3. The molecule has 0 unspecified atom stereocenters. The van der Waals surface area contributed by atoms with Crippen LogP contribution in [0.4, 0.5) is 5.82 Å². The number of anilines is 1. The second-order valence-corrected chi connectivity index (χ2v) is 4.62. The number of hydrogen-bond donors (Lipinski definition) is 1. The van der Waals surface area contributed by atoms with E-state index in [-0.39, 0.29) is 0 Å². The van der Waals surface area contributed by atoms with E-state index in [1.54, 1.807) is 0 Å². The van der Waals surface area contributed by atoms with Gasteiger partial charge < -0.3 is 10.3 Å². The molecule has 0 aliphatic rings. The summed E-state index contributed by atoms with van der Waals surface area (Å²) in [5.41, 5.74) is 8.37. The average Bonchev–Trinajstić information content (AvgIpc) is 2.55. The highest BCUT2D eigenvalue weighted by atomic mass is 15.2. The maximum Gasteiger partial charge on any atom is 0.127 e. The van der Waals surface area contributed by atoms with E-state index >= 15 is 0 Å². The first-order valence-electron chi connectivity index (χ1n) is 5.96. The lowest BCUT2D eigenvalue weighted by atomic mass is 10.1. The van der Waals surface area contributed by atoms with Crippen molar-refractivity contribution in [2.24, 2.45) is 0 Å². The van der Waals surface area contributed by atoms with Crippen molar-refractivity contribution in [1.82, 2.24) is 9.55 Å². The molecule has 0 spiro atoms. The predicted octanol–water partition coefficient (Wildman–Crippen LogP) is 2.95. The van der Waals surface area contributed by atoms with E-state index in [1.807, 2.05) is 25.1 Å². The molecule has 2 N–H and O–H groups in total. The van der Waals surface area contributed by atoms with Gasteiger partial charge in [-0.3, -0.25) is 0 Å². The highest BCUT2D eigenvalue weighted by Gasteiger charge is 2.13. The number of imidazole rings is 1. The lowest BCUT2D eigenvalue weighted by Crippen LogP contribution is -2.07. The normalized spacial score (nSPS) is 11.1. The number of aromatic nitrogens is 2. The smallest absolute Gasteiger partial charge is 0.127 e. The summed E-state index contributed by atoms with van der Waals surface area (Å²) in [6, 6.07) is 10.7. The Labute approximate surface area is 102 Å². The molecule has 90 valence electrons. The Morgan fingerprint density at radius 3 is 2.41 bits per heavy atom. The van der Waals surface area contributed by atoms with Crippen molar-refractivity contribution in [2.45, 2.75) is 33.2 Å². The summed E-state index contributed by atoms with van der Waals surface area (Å²) in [6.07, 6.45) is 0.799. The quantitative estimate of drug-likeness (QED) is 0.879. The van der Waals surface area contributed by atoms with E-state index in [4.69, 9.17) is 5.73 Å². The minimum Gasteiger partial charge on any atom is -0.384 e. The number of nitrogens with two attached hydrogens (primary N) is 1. The minimum absolute atomic E-state index is 0.354. The first-order chi connectivity index (χ1) is 8.09. The molecule has 1 aromatic carbocycles. The lowest BCUT2D eigenvalue weighted by Gasteiger charge is -2.11. The van der Waals surface area contributed by atoms with Crippen molar-refractivity contribution in [3.05, 3.63) is 47.4 Å². The maximum absolute atomic E-state index is 6.15. The van der Waals surface area contributed by atoms with Crippen molar-refractivity contribution in [3.63, 3.8) is 0 Å². The van der Waals surface area contributed by atoms with E-state index in [0.29, 0.717) is 6.04 Å². The van der Waals surface area contributed by atoms with Crippen molar-refractivity contribution in [1.29, 1.82) is 0 Å². The number of nitrogen functional groups attached to an aromatic ring is 1. The minimum atomic E-state index is 0.354. The molecule has 0 saturated heterocycles. The van der Waals surface area contributed by atoms with Crippen molar-refractivity contribution < 1.29 is 0 Å². The molecule has 1 heterocycles. The van der Waals surface area contributed by atoms with E-state index in [1.165, 1.54) is 5.56 Å². The van der Waals surface area contributed by atoms with E-state index < -0.39 is 0 Å². The summed E-state index contributed by atoms with van der Waals surface area (Å²) in [7, 11) is 0. The van der Waals surface area contributed by atoms with Gasteiger partial charge in [0.15, 0.2) is 0 Å². The van der Waals surface area contributed by atoms with Crippen LogP contribution in [0.2, 0.25) is 0 Å². The van der Waals surface area contributed by atoms with Gasteiger partial charge in [-0.15, -0.1) is 0 Å². The Bertz CT molecular complexity index is 498. The number of aryl methyl sites for hydroxylation is 1. The first kappa shape index (κ1) is 11.7. The number of rotatable bonds is 3.